The van der Waals surface area contributed by atoms with E-state index in [1.165, 1.54) is 12.8 Å². The maximum atomic E-state index is 5.28. The van der Waals surface area contributed by atoms with Crippen LogP contribution in [0.2, 0.25) is 0 Å². The van der Waals surface area contributed by atoms with Gasteiger partial charge in [-0.05, 0) is 32.2 Å². The molecule has 0 aliphatic heterocycles. The van der Waals surface area contributed by atoms with Crippen molar-refractivity contribution in [2.24, 2.45) is 5.92 Å². The maximum Gasteiger partial charge on any atom is 0.0615 e. The van der Waals surface area contributed by atoms with Crippen LogP contribution in [0.3, 0.4) is 0 Å². The molecule has 0 radical (unpaired) electrons. The van der Waals surface area contributed by atoms with Gasteiger partial charge in [-0.2, -0.15) is 0 Å². The summed E-state index contributed by atoms with van der Waals surface area (Å²) in [7, 11) is 3.54. The van der Waals surface area contributed by atoms with Crippen LogP contribution in [0.4, 0.5) is 0 Å². The van der Waals surface area contributed by atoms with Crippen LogP contribution in [-0.2, 0) is 9.47 Å². The Hall–Kier alpha value is -0.160. The van der Waals surface area contributed by atoms with E-state index in [0.29, 0.717) is 12.1 Å². The maximum absolute atomic E-state index is 5.28. The van der Waals surface area contributed by atoms with E-state index in [1.807, 2.05) is 0 Å². The Kier molecular flexibility index (Phi) is 7.82. The number of hydrogen-bond acceptors (Lipinski definition) is 4. The number of hydrogen-bond donors (Lipinski definition) is 1. The third kappa shape index (κ3) is 5.65. The van der Waals surface area contributed by atoms with E-state index in [2.05, 4.69) is 24.1 Å². The zero-order valence-corrected chi connectivity index (χ0v) is 12.4. The molecule has 108 valence electrons. The molecular formula is C14H30N2O2. The van der Waals surface area contributed by atoms with Gasteiger partial charge in [0, 0.05) is 39.4 Å². The van der Waals surface area contributed by atoms with E-state index in [9.17, 15) is 0 Å². The third-order valence-electron chi connectivity index (χ3n) is 3.70. The predicted octanol–water partition coefficient (Wildman–Crippen LogP) is 1.36. The fourth-order valence-electron chi connectivity index (χ4n) is 2.44. The van der Waals surface area contributed by atoms with Crippen LogP contribution in [-0.4, -0.2) is 64.1 Å². The molecule has 1 aliphatic rings. The highest BCUT2D eigenvalue weighted by Gasteiger charge is 2.32. The lowest BCUT2D eigenvalue weighted by Crippen LogP contribution is -2.48. The summed E-state index contributed by atoms with van der Waals surface area (Å²) in [5.41, 5.74) is 0. The van der Waals surface area contributed by atoms with Crippen LogP contribution < -0.4 is 5.32 Å². The topological polar surface area (TPSA) is 33.7 Å². The van der Waals surface area contributed by atoms with Crippen molar-refractivity contribution in [3.8, 4) is 0 Å². The van der Waals surface area contributed by atoms with Crippen molar-refractivity contribution >= 4 is 0 Å². The minimum Gasteiger partial charge on any atom is -0.383 e. The van der Waals surface area contributed by atoms with Gasteiger partial charge in [-0.1, -0.05) is 6.92 Å². The van der Waals surface area contributed by atoms with Crippen LogP contribution in [0, 0.1) is 5.92 Å². The number of nitrogens with zero attached hydrogens (tertiary/aromatic N) is 1. The molecule has 4 heteroatoms. The second kappa shape index (κ2) is 8.86. The molecule has 0 saturated heterocycles. The first-order valence-corrected chi connectivity index (χ1v) is 7.18. The van der Waals surface area contributed by atoms with Gasteiger partial charge in [0.15, 0.2) is 0 Å². The van der Waals surface area contributed by atoms with Crippen molar-refractivity contribution in [2.75, 3.05) is 47.1 Å². The zero-order chi connectivity index (χ0) is 13.4. The molecule has 0 aromatic carbocycles. The molecule has 1 saturated carbocycles. The standard InChI is InChI=1S/C14H30N2O2/c1-5-15-14(13-6-7-13)10-16(8-9-17-3)12(2)11-18-4/h12-15H,5-11H2,1-4H3. The van der Waals surface area contributed by atoms with Gasteiger partial charge in [0.05, 0.1) is 13.2 Å². The van der Waals surface area contributed by atoms with E-state index in [4.69, 9.17) is 9.47 Å². The predicted molar refractivity (Wildman–Crippen MR) is 75.0 cm³/mol. The van der Waals surface area contributed by atoms with Crippen molar-refractivity contribution in [3.05, 3.63) is 0 Å². The highest BCUT2D eigenvalue weighted by Crippen LogP contribution is 2.33. The minimum atomic E-state index is 0.449. The quantitative estimate of drug-likeness (QED) is 0.607. The molecule has 2 atom stereocenters. The minimum absolute atomic E-state index is 0.449. The Labute approximate surface area is 112 Å². The van der Waals surface area contributed by atoms with E-state index in [1.54, 1.807) is 14.2 Å². The average molecular weight is 258 g/mol. The van der Waals surface area contributed by atoms with Gasteiger partial charge in [-0.3, -0.25) is 4.90 Å². The first-order valence-electron chi connectivity index (χ1n) is 7.18. The van der Waals surface area contributed by atoms with E-state index in [-0.39, 0.29) is 0 Å². The van der Waals surface area contributed by atoms with Gasteiger partial charge in [0.25, 0.3) is 0 Å². The average Bonchev–Trinajstić information content (AvgIpc) is 3.17. The fourth-order valence-corrected chi connectivity index (χ4v) is 2.44. The van der Waals surface area contributed by atoms with Crippen LogP contribution in [0.15, 0.2) is 0 Å². The lowest BCUT2D eigenvalue weighted by atomic mass is 10.1. The summed E-state index contributed by atoms with van der Waals surface area (Å²) < 4.78 is 10.5. The molecule has 0 aromatic rings. The summed E-state index contributed by atoms with van der Waals surface area (Å²) in [5, 5.41) is 3.63. The molecule has 1 rings (SSSR count). The monoisotopic (exact) mass is 258 g/mol. The lowest BCUT2D eigenvalue weighted by molar-refractivity contribution is 0.0671. The Balaban J connectivity index is 2.45. The summed E-state index contributed by atoms with van der Waals surface area (Å²) in [6.45, 7) is 9.13. The van der Waals surface area contributed by atoms with E-state index < -0.39 is 0 Å². The summed E-state index contributed by atoms with van der Waals surface area (Å²) in [6.07, 6.45) is 2.77. The Morgan fingerprint density at radius 2 is 2.00 bits per heavy atom. The van der Waals surface area contributed by atoms with Gasteiger partial charge in [-0.25, -0.2) is 0 Å². The molecule has 0 bridgehead atoms. The highest BCUT2D eigenvalue weighted by molar-refractivity contribution is 4.89. The van der Waals surface area contributed by atoms with Gasteiger partial charge < -0.3 is 14.8 Å². The first kappa shape index (κ1) is 15.9. The smallest absolute Gasteiger partial charge is 0.0615 e. The molecular weight excluding hydrogens is 228 g/mol. The Morgan fingerprint density at radius 3 is 2.50 bits per heavy atom. The van der Waals surface area contributed by atoms with Crippen molar-refractivity contribution in [1.82, 2.24) is 10.2 Å². The number of likely N-dealkylation sites (N-methyl/N-ethyl adjacent to an activating group) is 1. The molecule has 1 aliphatic carbocycles. The summed E-state index contributed by atoms with van der Waals surface area (Å²) >= 11 is 0. The summed E-state index contributed by atoms with van der Waals surface area (Å²) in [6, 6.07) is 1.08. The molecule has 2 unspecified atom stereocenters. The van der Waals surface area contributed by atoms with Crippen LogP contribution in [0.1, 0.15) is 26.7 Å². The summed E-state index contributed by atoms with van der Waals surface area (Å²) in [4.78, 5) is 2.48. The normalized spacial score (nSPS) is 19.2. The molecule has 4 nitrogen and oxygen atoms in total. The molecule has 18 heavy (non-hydrogen) atoms. The van der Waals surface area contributed by atoms with Gasteiger partial charge in [-0.15, -0.1) is 0 Å². The van der Waals surface area contributed by atoms with Crippen molar-refractivity contribution in [1.29, 1.82) is 0 Å². The van der Waals surface area contributed by atoms with Crippen molar-refractivity contribution in [2.45, 2.75) is 38.8 Å². The first-order chi connectivity index (χ1) is 8.72. The Bertz CT molecular complexity index is 210. The number of nitrogens with one attached hydrogen (secondary N) is 1. The van der Waals surface area contributed by atoms with E-state index >= 15 is 0 Å². The molecule has 0 aromatic heterocycles. The Morgan fingerprint density at radius 1 is 1.28 bits per heavy atom. The second-order valence-electron chi connectivity index (χ2n) is 5.29. The lowest BCUT2D eigenvalue weighted by Gasteiger charge is -2.32. The van der Waals surface area contributed by atoms with Crippen molar-refractivity contribution in [3.63, 3.8) is 0 Å². The third-order valence-corrected chi connectivity index (χ3v) is 3.70. The molecule has 0 spiro atoms. The van der Waals surface area contributed by atoms with Crippen LogP contribution >= 0.6 is 0 Å². The zero-order valence-electron chi connectivity index (χ0n) is 12.4. The molecule has 0 amide bonds. The SMILES string of the molecule is CCNC(CN(CCOC)C(C)COC)C1CC1. The second-order valence-corrected chi connectivity index (χ2v) is 5.29. The number of rotatable bonds is 11. The van der Waals surface area contributed by atoms with Crippen molar-refractivity contribution < 1.29 is 9.47 Å². The van der Waals surface area contributed by atoms with E-state index in [0.717, 1.165) is 38.8 Å². The van der Waals surface area contributed by atoms with Crippen LogP contribution in [0.25, 0.3) is 0 Å². The molecule has 1 fully saturated rings. The highest BCUT2D eigenvalue weighted by atomic mass is 16.5. The number of ether oxygens (including phenoxy) is 2. The largest absolute Gasteiger partial charge is 0.383 e. The number of methoxy groups -OCH3 is 2. The van der Waals surface area contributed by atoms with Gasteiger partial charge >= 0.3 is 0 Å². The molecule has 1 N–H and O–H groups in total. The van der Waals surface area contributed by atoms with Gasteiger partial charge in [0.2, 0.25) is 0 Å². The molecule has 0 heterocycles. The van der Waals surface area contributed by atoms with Crippen LogP contribution in [0.5, 0.6) is 0 Å². The fraction of sp³-hybridized carbons (Fsp3) is 1.00. The summed E-state index contributed by atoms with van der Waals surface area (Å²) in [5.74, 6) is 0.879. The van der Waals surface area contributed by atoms with Gasteiger partial charge in [0.1, 0.15) is 0 Å².